The Labute approximate surface area is 82.8 Å². The van der Waals surface area contributed by atoms with E-state index in [0.717, 1.165) is 12.8 Å². The minimum Gasteiger partial charge on any atom is -0.379 e. The third kappa shape index (κ3) is 4.43. The molecule has 13 heavy (non-hydrogen) atoms. The maximum absolute atomic E-state index is 11.0. The van der Waals surface area contributed by atoms with Gasteiger partial charge in [-0.2, -0.15) is 0 Å². The van der Waals surface area contributed by atoms with E-state index >= 15 is 0 Å². The molecule has 0 aromatic rings. The molecule has 1 heterocycles. The van der Waals surface area contributed by atoms with Crippen LogP contribution < -0.4 is 0 Å². The first kappa shape index (κ1) is 11.5. The summed E-state index contributed by atoms with van der Waals surface area (Å²) in [6.45, 7) is 0.180. The van der Waals surface area contributed by atoms with Crippen molar-refractivity contribution < 1.29 is 18.3 Å². The minimum absolute atomic E-state index is 0.257. The van der Waals surface area contributed by atoms with Crippen LogP contribution in [-0.4, -0.2) is 25.9 Å². The Morgan fingerprint density at radius 1 is 1.69 bits per heavy atom. The second kappa shape index (κ2) is 5.32. The molecule has 0 aliphatic carbocycles. The molecule has 4 nitrogen and oxygen atoms in total. The van der Waals surface area contributed by atoms with Crippen LogP contribution in [0.15, 0.2) is 0 Å². The zero-order valence-corrected chi connectivity index (χ0v) is 9.22. The normalized spacial score (nSPS) is 33.8. The van der Waals surface area contributed by atoms with Gasteiger partial charge in [0.15, 0.2) is 0 Å². The fourth-order valence-corrected chi connectivity index (χ4v) is 2.34. The largest absolute Gasteiger partial charge is 0.424 e. The van der Waals surface area contributed by atoms with Crippen molar-refractivity contribution in [2.45, 2.75) is 25.9 Å². The Bertz CT molecular complexity index is 199. The lowest BCUT2D eigenvalue weighted by Gasteiger charge is -2.07. The van der Waals surface area contributed by atoms with E-state index in [0.29, 0.717) is 13.2 Å². The molecule has 1 aliphatic rings. The van der Waals surface area contributed by atoms with E-state index in [1.165, 1.54) is 0 Å². The first-order valence-corrected chi connectivity index (χ1v) is 6.79. The van der Waals surface area contributed by atoms with Crippen molar-refractivity contribution in [3.8, 4) is 0 Å². The zero-order chi connectivity index (χ0) is 9.73. The predicted octanol–water partition coefficient (Wildman–Crippen LogP) is 2.57. The average molecular weight is 229 g/mol. The van der Waals surface area contributed by atoms with Gasteiger partial charge in [-0.3, -0.25) is 9.05 Å². The van der Waals surface area contributed by atoms with Crippen LogP contribution >= 0.6 is 18.2 Å². The number of ether oxygens (including phenoxy) is 1. The minimum atomic E-state index is -3.26. The summed E-state index contributed by atoms with van der Waals surface area (Å²) in [6.07, 6.45) is 1.84. The van der Waals surface area contributed by atoms with Gasteiger partial charge in [0.2, 0.25) is 0 Å². The fourth-order valence-electron chi connectivity index (χ4n) is 0.951. The number of hydrogen-bond acceptors (Lipinski definition) is 4. The van der Waals surface area contributed by atoms with Gasteiger partial charge in [-0.25, -0.2) is 4.57 Å². The lowest BCUT2D eigenvalue weighted by atomic mass is 10.3. The molecule has 2 atom stereocenters. The van der Waals surface area contributed by atoms with Crippen molar-refractivity contribution in [3.63, 3.8) is 0 Å². The van der Waals surface area contributed by atoms with E-state index in [-0.39, 0.29) is 12.7 Å². The number of rotatable bonds is 5. The van der Waals surface area contributed by atoms with E-state index in [1.54, 1.807) is 0 Å². The average Bonchev–Trinajstić information content (AvgIpc) is 2.40. The van der Waals surface area contributed by atoms with Gasteiger partial charge in [0.25, 0.3) is 0 Å². The van der Waals surface area contributed by atoms with Gasteiger partial charge in [-0.1, -0.05) is 13.3 Å². The fraction of sp³-hybridized carbons (Fsp3) is 1.00. The lowest BCUT2D eigenvalue weighted by molar-refractivity contribution is 0.0590. The number of halogens is 1. The molecule has 0 radical (unpaired) electrons. The highest BCUT2D eigenvalue weighted by molar-refractivity contribution is 7.81. The Balaban J connectivity index is 2.07. The van der Waals surface area contributed by atoms with Gasteiger partial charge in [0.05, 0.1) is 13.2 Å². The molecule has 1 aliphatic heterocycles. The maximum Gasteiger partial charge on any atom is 0.424 e. The van der Waals surface area contributed by atoms with E-state index in [1.807, 2.05) is 0 Å². The van der Waals surface area contributed by atoms with Gasteiger partial charge in [0, 0.05) is 17.8 Å². The Kier molecular flexibility index (Phi) is 4.70. The van der Waals surface area contributed by atoms with Crippen LogP contribution in [0.2, 0.25) is 0 Å². The highest BCUT2D eigenvalue weighted by atomic mass is 35.7. The summed E-state index contributed by atoms with van der Waals surface area (Å²) in [5.74, 6) is 0. The van der Waals surface area contributed by atoms with Gasteiger partial charge < -0.3 is 4.74 Å². The summed E-state index contributed by atoms with van der Waals surface area (Å²) >= 11 is 5.36. The molecule has 0 spiro atoms. The van der Waals surface area contributed by atoms with Gasteiger partial charge in [-0.15, -0.1) is 0 Å². The van der Waals surface area contributed by atoms with Gasteiger partial charge >= 0.3 is 6.95 Å². The molecule has 0 bridgehead atoms. The summed E-state index contributed by atoms with van der Waals surface area (Å²) in [5, 5.41) is 0. The summed E-state index contributed by atoms with van der Waals surface area (Å²) in [4.78, 5) is 0. The molecule has 1 fully saturated rings. The second-order valence-corrected chi connectivity index (χ2v) is 5.45. The molecule has 2 unspecified atom stereocenters. The SMILES string of the molecule is CCCCOCC1COP(=O)(Cl)O1. The summed E-state index contributed by atoms with van der Waals surface area (Å²) in [5.41, 5.74) is 0. The third-order valence-corrected chi connectivity index (χ3v) is 3.17. The van der Waals surface area contributed by atoms with E-state index < -0.39 is 6.95 Å². The molecule has 0 saturated carbocycles. The Hall–Kier alpha value is 0.400. The van der Waals surface area contributed by atoms with Crippen LogP contribution in [0.5, 0.6) is 0 Å². The standard InChI is InChI=1S/C7H14ClO4P/c1-2-3-4-10-5-7-6-11-13(8,9)12-7/h7H,2-6H2,1H3. The first-order valence-electron chi connectivity index (χ1n) is 4.34. The van der Waals surface area contributed by atoms with Crippen LogP contribution in [0, 0.1) is 0 Å². The highest BCUT2D eigenvalue weighted by Gasteiger charge is 2.34. The molecule has 1 saturated heterocycles. The molecule has 0 amide bonds. The van der Waals surface area contributed by atoms with Crippen LogP contribution in [-0.2, 0) is 18.3 Å². The van der Waals surface area contributed by atoms with E-state index in [9.17, 15) is 4.57 Å². The topological polar surface area (TPSA) is 44.8 Å². The monoisotopic (exact) mass is 228 g/mol. The van der Waals surface area contributed by atoms with Crippen LogP contribution in [0.3, 0.4) is 0 Å². The van der Waals surface area contributed by atoms with Gasteiger partial charge in [-0.05, 0) is 6.42 Å². The lowest BCUT2D eigenvalue weighted by Crippen LogP contribution is -2.17. The molecule has 1 rings (SSSR count). The second-order valence-electron chi connectivity index (χ2n) is 2.88. The highest BCUT2D eigenvalue weighted by Crippen LogP contribution is 2.58. The summed E-state index contributed by atoms with van der Waals surface area (Å²) < 4.78 is 25.9. The van der Waals surface area contributed by atoms with Crippen molar-refractivity contribution in [1.29, 1.82) is 0 Å². The number of unbranched alkanes of at least 4 members (excludes halogenated alkanes) is 1. The van der Waals surface area contributed by atoms with Crippen molar-refractivity contribution >= 4 is 18.2 Å². The maximum atomic E-state index is 11.0. The number of hydrogen-bond donors (Lipinski definition) is 0. The Morgan fingerprint density at radius 2 is 2.46 bits per heavy atom. The molecule has 78 valence electrons. The molecule has 0 aromatic carbocycles. The quantitative estimate of drug-likeness (QED) is 0.536. The molecular formula is C7H14ClO4P. The molecule has 0 aromatic heterocycles. The Morgan fingerprint density at radius 3 is 3.00 bits per heavy atom. The molecule has 0 N–H and O–H groups in total. The van der Waals surface area contributed by atoms with Crippen LogP contribution in [0.25, 0.3) is 0 Å². The predicted molar refractivity (Wildman–Crippen MR) is 50.0 cm³/mol. The smallest absolute Gasteiger partial charge is 0.379 e. The summed E-state index contributed by atoms with van der Waals surface area (Å²) in [7, 11) is 0. The molecular weight excluding hydrogens is 214 g/mol. The van der Waals surface area contributed by atoms with Crippen molar-refractivity contribution in [2.24, 2.45) is 0 Å². The third-order valence-electron chi connectivity index (χ3n) is 1.64. The zero-order valence-electron chi connectivity index (χ0n) is 7.57. The van der Waals surface area contributed by atoms with Gasteiger partial charge in [0.1, 0.15) is 6.10 Å². The van der Waals surface area contributed by atoms with Crippen molar-refractivity contribution in [1.82, 2.24) is 0 Å². The van der Waals surface area contributed by atoms with Crippen molar-refractivity contribution in [3.05, 3.63) is 0 Å². The summed E-state index contributed by atoms with van der Waals surface area (Å²) in [6, 6.07) is 0. The van der Waals surface area contributed by atoms with E-state index in [2.05, 4.69) is 6.92 Å². The van der Waals surface area contributed by atoms with Crippen LogP contribution in [0.1, 0.15) is 19.8 Å². The molecule has 6 heteroatoms. The van der Waals surface area contributed by atoms with Crippen LogP contribution in [0.4, 0.5) is 0 Å². The van der Waals surface area contributed by atoms with Crippen molar-refractivity contribution in [2.75, 3.05) is 19.8 Å². The first-order chi connectivity index (χ1) is 6.14. The van der Waals surface area contributed by atoms with E-state index in [4.69, 9.17) is 25.0 Å².